The molecule has 2 aromatic carbocycles. The molecular formula is C18H20ClN3O3. The van der Waals surface area contributed by atoms with Gasteiger partial charge in [-0.1, -0.05) is 11.6 Å². The second-order valence-electron chi connectivity index (χ2n) is 5.53. The maximum Gasteiger partial charge on any atom is 0.337 e. The van der Waals surface area contributed by atoms with Crippen molar-refractivity contribution in [3.8, 4) is 0 Å². The van der Waals surface area contributed by atoms with E-state index in [4.69, 9.17) is 11.6 Å². The highest BCUT2D eigenvalue weighted by molar-refractivity contribution is 6.33. The quantitative estimate of drug-likeness (QED) is 0.773. The van der Waals surface area contributed by atoms with Gasteiger partial charge in [0.1, 0.15) is 0 Å². The molecule has 2 rings (SSSR count). The van der Waals surface area contributed by atoms with Crippen LogP contribution in [0.2, 0.25) is 5.02 Å². The first-order valence-electron chi connectivity index (χ1n) is 7.59. The van der Waals surface area contributed by atoms with Crippen LogP contribution < -0.4 is 15.5 Å². The Bertz CT molecular complexity index is 761. The van der Waals surface area contributed by atoms with Crippen molar-refractivity contribution in [2.45, 2.75) is 0 Å². The van der Waals surface area contributed by atoms with Gasteiger partial charge in [0.05, 0.1) is 29.9 Å². The van der Waals surface area contributed by atoms with Crippen molar-refractivity contribution in [3.05, 3.63) is 53.1 Å². The standard InChI is InChI=1S/C18H20ClN3O3/c1-22(2)14-7-5-13(6-8-14)21-17(23)11-20-16-10-12(18(24)25-3)4-9-15(16)19/h4-10,20H,11H2,1-3H3,(H,21,23). The van der Waals surface area contributed by atoms with Crippen LogP contribution >= 0.6 is 11.6 Å². The minimum absolute atomic E-state index is 0.0137. The van der Waals surface area contributed by atoms with Crippen molar-refractivity contribution >= 4 is 40.5 Å². The van der Waals surface area contributed by atoms with E-state index in [-0.39, 0.29) is 12.5 Å². The fourth-order valence-corrected chi connectivity index (χ4v) is 2.31. The van der Waals surface area contributed by atoms with E-state index in [2.05, 4.69) is 15.4 Å². The van der Waals surface area contributed by atoms with Crippen molar-refractivity contribution in [2.75, 3.05) is 43.3 Å². The molecule has 132 valence electrons. The number of benzene rings is 2. The first-order valence-corrected chi connectivity index (χ1v) is 7.97. The summed E-state index contributed by atoms with van der Waals surface area (Å²) in [5.41, 5.74) is 2.59. The molecule has 25 heavy (non-hydrogen) atoms. The zero-order chi connectivity index (χ0) is 18.4. The Morgan fingerprint density at radius 3 is 2.40 bits per heavy atom. The number of hydrogen-bond donors (Lipinski definition) is 2. The van der Waals surface area contributed by atoms with Crippen LogP contribution in [0.1, 0.15) is 10.4 Å². The summed E-state index contributed by atoms with van der Waals surface area (Å²) in [5.74, 6) is -0.692. The van der Waals surface area contributed by atoms with Crippen molar-refractivity contribution in [1.82, 2.24) is 0 Å². The summed E-state index contributed by atoms with van der Waals surface area (Å²) in [7, 11) is 5.20. The van der Waals surface area contributed by atoms with Crippen molar-refractivity contribution in [3.63, 3.8) is 0 Å². The summed E-state index contributed by atoms with van der Waals surface area (Å²) < 4.78 is 4.67. The molecule has 0 fully saturated rings. The molecule has 0 aliphatic carbocycles. The van der Waals surface area contributed by atoms with Gasteiger partial charge in [0.25, 0.3) is 0 Å². The molecule has 1 amide bonds. The number of carbonyl (C=O) groups is 2. The van der Waals surface area contributed by atoms with E-state index >= 15 is 0 Å². The number of carbonyl (C=O) groups excluding carboxylic acids is 2. The van der Waals surface area contributed by atoms with E-state index in [9.17, 15) is 9.59 Å². The fourth-order valence-electron chi connectivity index (χ4n) is 2.13. The summed E-state index contributed by atoms with van der Waals surface area (Å²) >= 11 is 6.08. The Labute approximate surface area is 151 Å². The lowest BCUT2D eigenvalue weighted by Crippen LogP contribution is -2.22. The molecule has 0 radical (unpaired) electrons. The number of ether oxygens (including phenoxy) is 1. The van der Waals surface area contributed by atoms with E-state index in [0.717, 1.165) is 5.69 Å². The van der Waals surface area contributed by atoms with E-state index < -0.39 is 5.97 Å². The van der Waals surface area contributed by atoms with Gasteiger partial charge in [0.2, 0.25) is 5.91 Å². The molecule has 0 aliphatic heterocycles. The third-order valence-electron chi connectivity index (χ3n) is 3.49. The second kappa shape index (κ2) is 8.39. The number of methoxy groups -OCH3 is 1. The number of rotatable bonds is 6. The highest BCUT2D eigenvalue weighted by atomic mass is 35.5. The highest BCUT2D eigenvalue weighted by Gasteiger charge is 2.10. The maximum absolute atomic E-state index is 12.1. The molecule has 0 bridgehead atoms. The molecule has 0 heterocycles. The molecule has 0 aromatic heterocycles. The summed E-state index contributed by atoms with van der Waals surface area (Å²) in [4.78, 5) is 25.6. The Morgan fingerprint density at radius 2 is 1.80 bits per heavy atom. The van der Waals surface area contributed by atoms with Gasteiger partial charge < -0.3 is 20.3 Å². The van der Waals surface area contributed by atoms with Crippen LogP contribution in [0.5, 0.6) is 0 Å². The number of amides is 1. The van der Waals surface area contributed by atoms with Crippen LogP contribution in [0.25, 0.3) is 0 Å². The molecule has 2 aromatic rings. The highest BCUT2D eigenvalue weighted by Crippen LogP contribution is 2.23. The van der Waals surface area contributed by atoms with Gasteiger partial charge in [-0.05, 0) is 42.5 Å². The van der Waals surface area contributed by atoms with Gasteiger partial charge in [-0.15, -0.1) is 0 Å². The lowest BCUT2D eigenvalue weighted by atomic mass is 10.2. The largest absolute Gasteiger partial charge is 0.465 e. The zero-order valence-electron chi connectivity index (χ0n) is 14.3. The van der Waals surface area contributed by atoms with Gasteiger partial charge in [-0.25, -0.2) is 4.79 Å². The summed E-state index contributed by atoms with van der Waals surface area (Å²) in [6.07, 6.45) is 0. The van der Waals surface area contributed by atoms with Crippen molar-refractivity contribution < 1.29 is 14.3 Å². The lowest BCUT2D eigenvalue weighted by Gasteiger charge is -2.13. The second-order valence-corrected chi connectivity index (χ2v) is 5.94. The third kappa shape index (κ3) is 5.12. The minimum atomic E-state index is -0.467. The predicted octanol–water partition coefficient (Wildman–Crippen LogP) is 3.24. The van der Waals surface area contributed by atoms with E-state index in [1.807, 2.05) is 43.3 Å². The van der Waals surface area contributed by atoms with Crippen LogP contribution in [-0.4, -0.2) is 39.6 Å². The topological polar surface area (TPSA) is 70.7 Å². The summed E-state index contributed by atoms with van der Waals surface area (Å²) in [5, 5.41) is 6.13. The van der Waals surface area contributed by atoms with Crippen LogP contribution in [-0.2, 0) is 9.53 Å². The van der Waals surface area contributed by atoms with Crippen molar-refractivity contribution in [1.29, 1.82) is 0 Å². The average molecular weight is 362 g/mol. The molecule has 0 aliphatic rings. The first-order chi connectivity index (χ1) is 11.9. The van der Waals surface area contributed by atoms with Crippen LogP contribution in [0.15, 0.2) is 42.5 Å². The number of nitrogens with zero attached hydrogens (tertiary/aromatic N) is 1. The normalized spacial score (nSPS) is 10.1. The summed E-state index contributed by atoms with van der Waals surface area (Å²) in [6, 6.07) is 12.2. The first kappa shape index (κ1) is 18.6. The van der Waals surface area contributed by atoms with Gasteiger partial charge in [0, 0.05) is 25.5 Å². The van der Waals surface area contributed by atoms with Crippen molar-refractivity contribution in [2.24, 2.45) is 0 Å². The SMILES string of the molecule is COC(=O)c1ccc(Cl)c(NCC(=O)Nc2ccc(N(C)C)cc2)c1. The molecule has 6 nitrogen and oxygen atoms in total. The Hall–Kier alpha value is -2.73. The number of esters is 1. The molecule has 0 unspecified atom stereocenters. The molecule has 7 heteroatoms. The van der Waals surface area contributed by atoms with Crippen LogP contribution in [0, 0.1) is 0 Å². The van der Waals surface area contributed by atoms with Crippen LogP contribution in [0.4, 0.5) is 17.1 Å². The minimum Gasteiger partial charge on any atom is -0.465 e. The van der Waals surface area contributed by atoms with Gasteiger partial charge in [0.15, 0.2) is 0 Å². The Balaban J connectivity index is 1.96. The number of hydrogen-bond acceptors (Lipinski definition) is 5. The third-order valence-corrected chi connectivity index (χ3v) is 3.82. The van der Waals surface area contributed by atoms with Crippen LogP contribution in [0.3, 0.4) is 0 Å². The number of nitrogens with one attached hydrogen (secondary N) is 2. The Kier molecular flexibility index (Phi) is 6.25. The number of halogens is 1. The Morgan fingerprint density at radius 1 is 1.12 bits per heavy atom. The van der Waals surface area contributed by atoms with E-state index in [1.165, 1.54) is 7.11 Å². The number of anilines is 3. The fraction of sp³-hybridized carbons (Fsp3) is 0.222. The lowest BCUT2D eigenvalue weighted by molar-refractivity contribution is -0.114. The van der Waals surface area contributed by atoms with Gasteiger partial charge in [-0.2, -0.15) is 0 Å². The molecule has 0 saturated carbocycles. The molecule has 2 N–H and O–H groups in total. The molecule has 0 saturated heterocycles. The van der Waals surface area contributed by atoms with Gasteiger partial charge >= 0.3 is 5.97 Å². The molecule has 0 spiro atoms. The van der Waals surface area contributed by atoms with E-state index in [1.54, 1.807) is 18.2 Å². The van der Waals surface area contributed by atoms with Gasteiger partial charge in [-0.3, -0.25) is 4.79 Å². The maximum atomic E-state index is 12.1. The molecule has 0 atom stereocenters. The smallest absolute Gasteiger partial charge is 0.337 e. The zero-order valence-corrected chi connectivity index (χ0v) is 15.1. The monoisotopic (exact) mass is 361 g/mol. The predicted molar refractivity (Wildman–Crippen MR) is 101 cm³/mol. The summed E-state index contributed by atoms with van der Waals surface area (Å²) in [6.45, 7) is 0.0137. The average Bonchev–Trinajstić information content (AvgIpc) is 2.60. The van der Waals surface area contributed by atoms with E-state index in [0.29, 0.717) is 22.0 Å². The molecular weight excluding hydrogens is 342 g/mol.